The molecule has 0 amide bonds. The first kappa shape index (κ1) is 14.5. The molecule has 0 spiro atoms. The van der Waals surface area contributed by atoms with Crippen molar-refractivity contribution in [2.24, 2.45) is 5.41 Å². The van der Waals surface area contributed by atoms with Crippen molar-refractivity contribution in [2.45, 2.75) is 26.7 Å². The van der Waals surface area contributed by atoms with Crippen LogP contribution in [0.5, 0.6) is 5.88 Å². The van der Waals surface area contributed by atoms with Gasteiger partial charge in [-0.1, -0.05) is 39.0 Å². The van der Waals surface area contributed by atoms with Gasteiger partial charge in [0, 0.05) is 17.7 Å². The zero-order valence-corrected chi connectivity index (χ0v) is 12.4. The highest BCUT2D eigenvalue weighted by atomic mass is 19.1. The molecule has 1 aromatic heterocycles. The summed E-state index contributed by atoms with van der Waals surface area (Å²) in [5, 5.41) is 0. The van der Waals surface area contributed by atoms with Crippen molar-refractivity contribution in [3.05, 3.63) is 59.5 Å². The highest BCUT2D eigenvalue weighted by Crippen LogP contribution is 2.43. The first-order valence-corrected chi connectivity index (χ1v) is 6.68. The molecule has 106 valence electrons. The number of ether oxygens (including phenoxy) is 1. The van der Waals surface area contributed by atoms with E-state index in [0.29, 0.717) is 5.88 Å². The molecule has 2 aromatic rings. The molecule has 2 nitrogen and oxygen atoms in total. The molecular weight excluding hydrogens is 253 g/mol. The van der Waals surface area contributed by atoms with Gasteiger partial charge in [0.2, 0.25) is 5.88 Å². The number of hydrogen-bond donors (Lipinski definition) is 0. The number of methoxy groups -OCH3 is 1. The molecule has 3 heteroatoms. The predicted octanol–water partition coefficient (Wildman–Crippen LogP) is 4.41. The first-order valence-electron chi connectivity index (χ1n) is 6.68. The molecule has 20 heavy (non-hydrogen) atoms. The van der Waals surface area contributed by atoms with Crippen LogP contribution in [-0.2, 0) is 0 Å². The molecule has 1 atom stereocenters. The summed E-state index contributed by atoms with van der Waals surface area (Å²) >= 11 is 0. The maximum Gasteiger partial charge on any atom is 0.216 e. The average Bonchev–Trinajstić information content (AvgIpc) is 2.40. The van der Waals surface area contributed by atoms with E-state index in [-0.39, 0.29) is 17.2 Å². The summed E-state index contributed by atoms with van der Waals surface area (Å²) < 4.78 is 18.5. The van der Waals surface area contributed by atoms with Crippen LogP contribution in [0.1, 0.15) is 37.8 Å². The van der Waals surface area contributed by atoms with E-state index in [0.717, 1.165) is 11.1 Å². The molecular formula is C17H20FNO. The Balaban J connectivity index is 2.56. The Morgan fingerprint density at radius 3 is 2.30 bits per heavy atom. The second kappa shape index (κ2) is 5.61. The monoisotopic (exact) mass is 273 g/mol. The summed E-state index contributed by atoms with van der Waals surface area (Å²) in [6.45, 7) is 6.48. The van der Waals surface area contributed by atoms with E-state index in [2.05, 4.69) is 25.8 Å². The van der Waals surface area contributed by atoms with Gasteiger partial charge in [-0.25, -0.2) is 9.37 Å². The highest BCUT2D eigenvalue weighted by Gasteiger charge is 2.30. The van der Waals surface area contributed by atoms with E-state index >= 15 is 0 Å². The molecule has 0 N–H and O–H groups in total. The van der Waals surface area contributed by atoms with Gasteiger partial charge in [0.05, 0.1) is 7.11 Å². The van der Waals surface area contributed by atoms with Gasteiger partial charge < -0.3 is 4.74 Å². The quantitative estimate of drug-likeness (QED) is 0.826. The fourth-order valence-corrected chi connectivity index (χ4v) is 2.59. The fourth-order valence-electron chi connectivity index (χ4n) is 2.59. The maximum absolute atomic E-state index is 13.2. The van der Waals surface area contributed by atoms with E-state index in [1.807, 2.05) is 24.3 Å². The van der Waals surface area contributed by atoms with E-state index in [9.17, 15) is 4.39 Å². The predicted molar refractivity (Wildman–Crippen MR) is 78.5 cm³/mol. The van der Waals surface area contributed by atoms with Gasteiger partial charge in [-0.15, -0.1) is 0 Å². The van der Waals surface area contributed by atoms with Gasteiger partial charge in [0.25, 0.3) is 0 Å². The average molecular weight is 273 g/mol. The van der Waals surface area contributed by atoms with Crippen LogP contribution in [0.15, 0.2) is 42.6 Å². The Morgan fingerprint density at radius 2 is 1.75 bits per heavy atom. The summed E-state index contributed by atoms with van der Waals surface area (Å²) in [5.41, 5.74) is 2.05. The van der Waals surface area contributed by atoms with Gasteiger partial charge in [0.15, 0.2) is 0 Å². The fraction of sp³-hybridized carbons (Fsp3) is 0.353. The highest BCUT2D eigenvalue weighted by molar-refractivity contribution is 5.39. The molecule has 0 radical (unpaired) electrons. The van der Waals surface area contributed by atoms with Crippen molar-refractivity contribution in [1.29, 1.82) is 0 Å². The molecule has 2 rings (SSSR count). The molecule has 1 aromatic carbocycles. The van der Waals surface area contributed by atoms with Gasteiger partial charge in [-0.3, -0.25) is 0 Å². The number of nitrogens with zero attached hydrogens (tertiary/aromatic N) is 1. The Labute approximate surface area is 119 Å². The smallest absolute Gasteiger partial charge is 0.216 e. The number of benzene rings is 1. The van der Waals surface area contributed by atoms with Crippen molar-refractivity contribution in [3.8, 4) is 5.88 Å². The summed E-state index contributed by atoms with van der Waals surface area (Å²) in [6.07, 6.45) is 1.71. The van der Waals surface area contributed by atoms with Crippen molar-refractivity contribution in [2.75, 3.05) is 7.11 Å². The molecule has 0 aliphatic heterocycles. The number of hydrogen-bond acceptors (Lipinski definition) is 2. The Hall–Kier alpha value is -1.90. The van der Waals surface area contributed by atoms with Crippen LogP contribution < -0.4 is 4.74 Å². The normalized spacial score (nSPS) is 13.1. The molecule has 0 aliphatic carbocycles. The van der Waals surface area contributed by atoms with Crippen LogP contribution >= 0.6 is 0 Å². The molecule has 0 fully saturated rings. The number of pyridine rings is 1. The minimum absolute atomic E-state index is 0.0336. The number of halogens is 1. The zero-order valence-electron chi connectivity index (χ0n) is 12.4. The first-order chi connectivity index (χ1) is 9.43. The Kier molecular flexibility index (Phi) is 4.07. The lowest BCUT2D eigenvalue weighted by Gasteiger charge is -2.32. The Bertz CT molecular complexity index is 572. The lowest BCUT2D eigenvalue weighted by atomic mass is 9.73. The van der Waals surface area contributed by atoms with Crippen molar-refractivity contribution >= 4 is 0 Å². The second-order valence-electron chi connectivity index (χ2n) is 5.95. The van der Waals surface area contributed by atoms with Crippen LogP contribution in [-0.4, -0.2) is 12.1 Å². The standard InChI is InChI=1S/C17H20FNO/c1-17(2,3)15(12-7-9-13(18)10-8-12)14-6-5-11-19-16(14)20-4/h5-11,15H,1-4H3. The molecule has 0 aliphatic rings. The minimum atomic E-state index is -0.223. The van der Waals surface area contributed by atoms with Gasteiger partial charge >= 0.3 is 0 Å². The van der Waals surface area contributed by atoms with Gasteiger partial charge in [-0.2, -0.15) is 0 Å². The van der Waals surface area contributed by atoms with E-state index in [1.165, 1.54) is 12.1 Å². The third kappa shape index (κ3) is 2.98. The third-order valence-electron chi connectivity index (χ3n) is 3.37. The second-order valence-corrected chi connectivity index (χ2v) is 5.95. The van der Waals surface area contributed by atoms with Crippen molar-refractivity contribution < 1.29 is 9.13 Å². The SMILES string of the molecule is COc1ncccc1C(c1ccc(F)cc1)C(C)(C)C. The summed E-state index contributed by atoms with van der Waals surface area (Å²) in [5.74, 6) is 0.489. The number of aromatic nitrogens is 1. The topological polar surface area (TPSA) is 22.1 Å². The van der Waals surface area contributed by atoms with Crippen LogP contribution in [0, 0.1) is 11.2 Å². The minimum Gasteiger partial charge on any atom is -0.481 e. The van der Waals surface area contributed by atoms with E-state index in [1.54, 1.807) is 13.3 Å². The van der Waals surface area contributed by atoms with E-state index in [4.69, 9.17) is 4.74 Å². The molecule has 0 saturated heterocycles. The van der Waals surface area contributed by atoms with Gasteiger partial charge in [0.1, 0.15) is 5.82 Å². The summed E-state index contributed by atoms with van der Waals surface area (Å²) in [7, 11) is 1.62. The molecule has 1 heterocycles. The lowest BCUT2D eigenvalue weighted by Crippen LogP contribution is -2.20. The largest absolute Gasteiger partial charge is 0.481 e. The zero-order chi connectivity index (χ0) is 14.8. The summed E-state index contributed by atoms with van der Waals surface area (Å²) in [6, 6.07) is 10.6. The summed E-state index contributed by atoms with van der Waals surface area (Å²) in [4.78, 5) is 4.28. The molecule has 1 unspecified atom stereocenters. The maximum atomic E-state index is 13.2. The molecule has 0 saturated carbocycles. The van der Waals surface area contributed by atoms with Crippen LogP contribution in [0.3, 0.4) is 0 Å². The van der Waals surface area contributed by atoms with Gasteiger partial charge in [-0.05, 0) is 29.2 Å². The molecule has 0 bridgehead atoms. The van der Waals surface area contributed by atoms with Crippen LogP contribution in [0.25, 0.3) is 0 Å². The van der Waals surface area contributed by atoms with Crippen molar-refractivity contribution in [3.63, 3.8) is 0 Å². The van der Waals surface area contributed by atoms with Crippen LogP contribution in [0.4, 0.5) is 4.39 Å². The Morgan fingerprint density at radius 1 is 1.10 bits per heavy atom. The lowest BCUT2D eigenvalue weighted by molar-refractivity contribution is 0.335. The van der Waals surface area contributed by atoms with Crippen LogP contribution in [0.2, 0.25) is 0 Å². The van der Waals surface area contributed by atoms with E-state index < -0.39 is 0 Å². The van der Waals surface area contributed by atoms with Crippen molar-refractivity contribution in [1.82, 2.24) is 4.98 Å². The third-order valence-corrected chi connectivity index (χ3v) is 3.37. The number of rotatable bonds is 3.